The number of phenols is 1. The minimum absolute atomic E-state index is 0.216. The summed E-state index contributed by atoms with van der Waals surface area (Å²) in [6.45, 7) is 1.92. The minimum atomic E-state index is -0.463. The summed E-state index contributed by atoms with van der Waals surface area (Å²) in [5.74, 6) is -0.248. The molecule has 0 aliphatic carbocycles. The average molecular weight is 296 g/mol. The molecule has 1 heterocycles. The first-order valence-corrected chi connectivity index (χ1v) is 6.87. The summed E-state index contributed by atoms with van der Waals surface area (Å²) < 4.78 is 6.51. The maximum absolute atomic E-state index is 12.0. The van der Waals surface area contributed by atoms with Gasteiger partial charge in [0.1, 0.15) is 5.75 Å². The third-order valence-corrected chi connectivity index (χ3v) is 3.76. The number of ether oxygens (including phenoxy) is 1. The van der Waals surface area contributed by atoms with Crippen LogP contribution < -0.4 is 0 Å². The molecule has 22 heavy (non-hydrogen) atoms. The summed E-state index contributed by atoms with van der Waals surface area (Å²) in [5.41, 5.74) is 3.91. The lowest BCUT2D eigenvalue weighted by atomic mass is 9.96. The number of esters is 1. The van der Waals surface area contributed by atoms with Crippen LogP contribution in [0.2, 0.25) is 0 Å². The third kappa shape index (κ3) is 2.11. The number of aryl methyl sites for hydroxylation is 2. The quantitative estimate of drug-likeness (QED) is 0.738. The number of methoxy groups -OCH3 is 1. The highest BCUT2D eigenvalue weighted by atomic mass is 16.5. The summed E-state index contributed by atoms with van der Waals surface area (Å²) in [6.07, 6.45) is 0. The predicted octanol–water partition coefficient (Wildman–Crippen LogP) is 3.04. The summed E-state index contributed by atoms with van der Waals surface area (Å²) in [7, 11) is 3.14. The van der Waals surface area contributed by atoms with Crippen molar-refractivity contribution in [3.63, 3.8) is 0 Å². The van der Waals surface area contributed by atoms with E-state index in [2.05, 4.69) is 5.10 Å². The van der Waals surface area contributed by atoms with Crippen LogP contribution in [-0.4, -0.2) is 28.0 Å². The van der Waals surface area contributed by atoms with Gasteiger partial charge in [-0.1, -0.05) is 18.2 Å². The molecule has 0 radical (unpaired) electrons. The van der Waals surface area contributed by atoms with E-state index in [0.29, 0.717) is 5.69 Å². The van der Waals surface area contributed by atoms with Gasteiger partial charge in [0, 0.05) is 12.4 Å². The third-order valence-electron chi connectivity index (χ3n) is 3.76. The number of hydrogen-bond acceptors (Lipinski definition) is 4. The molecule has 0 spiro atoms. The Bertz CT molecular complexity index is 881. The van der Waals surface area contributed by atoms with Gasteiger partial charge in [0.2, 0.25) is 0 Å². The maximum Gasteiger partial charge on any atom is 0.359 e. The predicted molar refractivity (Wildman–Crippen MR) is 83.9 cm³/mol. The van der Waals surface area contributed by atoms with Crippen molar-refractivity contribution < 1.29 is 14.6 Å². The fraction of sp³-hybridized carbons (Fsp3) is 0.176. The van der Waals surface area contributed by atoms with Gasteiger partial charge >= 0.3 is 5.97 Å². The van der Waals surface area contributed by atoms with Crippen LogP contribution in [-0.2, 0) is 11.8 Å². The highest BCUT2D eigenvalue weighted by Crippen LogP contribution is 2.34. The number of carbonyl (C=O) groups excluding carboxylic acids is 1. The second-order valence-electron chi connectivity index (χ2n) is 5.16. The molecule has 5 nitrogen and oxygen atoms in total. The van der Waals surface area contributed by atoms with E-state index in [9.17, 15) is 9.90 Å². The molecule has 0 saturated heterocycles. The van der Waals surface area contributed by atoms with Crippen LogP contribution >= 0.6 is 0 Å². The minimum Gasteiger partial charge on any atom is -0.508 e. The van der Waals surface area contributed by atoms with Crippen LogP contribution in [0.3, 0.4) is 0 Å². The van der Waals surface area contributed by atoms with Gasteiger partial charge in [0.05, 0.1) is 12.6 Å². The van der Waals surface area contributed by atoms with Gasteiger partial charge in [-0.05, 0) is 41.8 Å². The van der Waals surface area contributed by atoms with Gasteiger partial charge in [-0.25, -0.2) is 4.79 Å². The molecule has 0 aliphatic rings. The van der Waals surface area contributed by atoms with Crippen molar-refractivity contribution in [3.05, 3.63) is 47.7 Å². The van der Waals surface area contributed by atoms with Gasteiger partial charge in [0.15, 0.2) is 5.69 Å². The van der Waals surface area contributed by atoms with Crippen molar-refractivity contribution in [2.45, 2.75) is 6.92 Å². The monoisotopic (exact) mass is 296 g/mol. The van der Waals surface area contributed by atoms with E-state index in [0.717, 1.165) is 27.6 Å². The normalized spacial score (nSPS) is 10.9. The SMILES string of the molecule is COC(=O)c1nn(C)c2cccc(-c3ccc(O)cc3C)c12. The van der Waals surface area contributed by atoms with Crippen molar-refractivity contribution >= 4 is 16.9 Å². The number of rotatable bonds is 2. The fourth-order valence-electron chi connectivity index (χ4n) is 2.73. The fourth-order valence-corrected chi connectivity index (χ4v) is 2.73. The molecular formula is C17H16N2O3. The molecule has 1 aromatic heterocycles. The van der Waals surface area contributed by atoms with Gasteiger partial charge in [-0.15, -0.1) is 0 Å². The van der Waals surface area contributed by atoms with Crippen molar-refractivity contribution in [1.82, 2.24) is 9.78 Å². The first-order chi connectivity index (χ1) is 10.5. The standard InChI is InChI=1S/C17H16N2O3/c1-10-9-11(20)7-8-12(10)13-5-4-6-14-15(13)16(17(21)22-3)18-19(14)2/h4-9,20H,1-3H3. The Balaban J connectivity index is 2.37. The molecule has 0 fully saturated rings. The second-order valence-corrected chi connectivity index (χ2v) is 5.16. The Morgan fingerprint density at radius 1 is 1.23 bits per heavy atom. The van der Waals surface area contributed by atoms with Gasteiger partial charge in [0.25, 0.3) is 0 Å². The maximum atomic E-state index is 12.0. The zero-order chi connectivity index (χ0) is 15.9. The van der Waals surface area contributed by atoms with E-state index >= 15 is 0 Å². The van der Waals surface area contributed by atoms with Crippen molar-refractivity contribution in [2.75, 3.05) is 7.11 Å². The lowest BCUT2D eigenvalue weighted by Crippen LogP contribution is -2.03. The van der Waals surface area contributed by atoms with E-state index < -0.39 is 5.97 Å². The highest BCUT2D eigenvalue weighted by Gasteiger charge is 2.20. The second kappa shape index (κ2) is 5.18. The lowest BCUT2D eigenvalue weighted by molar-refractivity contribution is 0.0595. The Hall–Kier alpha value is -2.82. The molecule has 5 heteroatoms. The first kappa shape index (κ1) is 14.1. The van der Waals surface area contributed by atoms with Crippen LogP contribution in [0.25, 0.3) is 22.0 Å². The number of hydrogen-bond donors (Lipinski definition) is 1. The summed E-state index contributed by atoms with van der Waals surface area (Å²) in [5, 5.41) is 14.6. The van der Waals surface area contributed by atoms with Crippen molar-refractivity contribution in [2.24, 2.45) is 7.05 Å². The number of benzene rings is 2. The van der Waals surface area contributed by atoms with E-state index in [4.69, 9.17) is 4.74 Å². The Labute approximate surface area is 127 Å². The van der Waals surface area contributed by atoms with Crippen molar-refractivity contribution in [3.8, 4) is 16.9 Å². The number of phenolic OH excluding ortho intramolecular Hbond substituents is 1. The highest BCUT2D eigenvalue weighted by molar-refractivity contribution is 6.08. The summed E-state index contributed by atoms with van der Waals surface area (Å²) in [4.78, 5) is 12.0. The molecule has 0 atom stereocenters. The van der Waals surface area contributed by atoms with Gasteiger partial charge < -0.3 is 9.84 Å². The van der Waals surface area contributed by atoms with Gasteiger partial charge in [-0.2, -0.15) is 5.10 Å². The van der Waals surface area contributed by atoms with Crippen LogP contribution in [0.4, 0.5) is 0 Å². The zero-order valence-corrected chi connectivity index (χ0v) is 12.6. The van der Waals surface area contributed by atoms with E-state index in [1.54, 1.807) is 23.9 Å². The molecular weight excluding hydrogens is 280 g/mol. The smallest absolute Gasteiger partial charge is 0.359 e. The molecule has 0 unspecified atom stereocenters. The van der Waals surface area contributed by atoms with Crippen molar-refractivity contribution in [1.29, 1.82) is 0 Å². The molecule has 112 valence electrons. The van der Waals surface area contributed by atoms with Crippen LogP contribution in [0.5, 0.6) is 5.75 Å². The number of fused-ring (bicyclic) bond motifs is 1. The molecule has 3 rings (SSSR count). The van der Waals surface area contributed by atoms with Crippen LogP contribution in [0.15, 0.2) is 36.4 Å². The molecule has 0 amide bonds. The molecule has 0 aliphatic heterocycles. The number of nitrogens with zero attached hydrogens (tertiary/aromatic N) is 2. The number of carbonyl (C=O) groups is 1. The Morgan fingerprint density at radius 3 is 2.68 bits per heavy atom. The number of aromatic nitrogens is 2. The topological polar surface area (TPSA) is 64.3 Å². The van der Waals surface area contributed by atoms with Gasteiger partial charge in [-0.3, -0.25) is 4.68 Å². The molecule has 0 saturated carbocycles. The molecule has 0 bridgehead atoms. The summed E-state index contributed by atoms with van der Waals surface area (Å²) in [6, 6.07) is 10.9. The Kier molecular flexibility index (Phi) is 3.33. The zero-order valence-electron chi connectivity index (χ0n) is 12.6. The molecule has 2 aromatic carbocycles. The first-order valence-electron chi connectivity index (χ1n) is 6.87. The molecule has 1 N–H and O–H groups in total. The molecule has 3 aromatic rings. The van der Waals surface area contributed by atoms with Crippen LogP contribution in [0, 0.1) is 6.92 Å². The average Bonchev–Trinajstić information content (AvgIpc) is 2.84. The summed E-state index contributed by atoms with van der Waals surface area (Å²) >= 11 is 0. The van der Waals surface area contributed by atoms with E-state index in [1.807, 2.05) is 31.2 Å². The van der Waals surface area contributed by atoms with E-state index in [1.165, 1.54) is 7.11 Å². The Morgan fingerprint density at radius 2 is 2.00 bits per heavy atom. The van der Waals surface area contributed by atoms with E-state index in [-0.39, 0.29) is 5.75 Å². The lowest BCUT2D eigenvalue weighted by Gasteiger charge is -2.09. The van der Waals surface area contributed by atoms with Crippen LogP contribution in [0.1, 0.15) is 16.1 Å². The largest absolute Gasteiger partial charge is 0.508 e. The number of aromatic hydroxyl groups is 1.